The maximum absolute atomic E-state index is 5.62. The third-order valence-corrected chi connectivity index (χ3v) is 3.88. The maximum atomic E-state index is 5.62. The molecule has 16 heavy (non-hydrogen) atoms. The molecule has 2 heterocycles. The van der Waals surface area contributed by atoms with Crippen LogP contribution in [0.4, 0.5) is 0 Å². The van der Waals surface area contributed by atoms with Crippen LogP contribution >= 0.6 is 0 Å². The van der Waals surface area contributed by atoms with Crippen LogP contribution in [0.25, 0.3) is 0 Å². The molecule has 0 aromatic carbocycles. The summed E-state index contributed by atoms with van der Waals surface area (Å²) in [6, 6.07) is 1.51. The van der Waals surface area contributed by atoms with E-state index < -0.39 is 0 Å². The highest BCUT2D eigenvalue weighted by atomic mass is 16.5. The summed E-state index contributed by atoms with van der Waals surface area (Å²) in [6.45, 7) is 9.09. The highest BCUT2D eigenvalue weighted by Crippen LogP contribution is 2.23. The number of hydrogen-bond donors (Lipinski definition) is 1. The lowest BCUT2D eigenvalue weighted by Crippen LogP contribution is -2.42. The van der Waals surface area contributed by atoms with Gasteiger partial charge in [-0.3, -0.25) is 4.90 Å². The standard InChI is InChI=1S/C13H26N2O/c1-3-6-14-12-4-7-15(10-12)13-5-8-16-11(2)9-13/h11-14H,3-10H2,1-2H3. The second-order valence-corrected chi connectivity index (χ2v) is 5.29. The second kappa shape index (κ2) is 5.99. The summed E-state index contributed by atoms with van der Waals surface area (Å²) < 4.78 is 5.62. The Labute approximate surface area is 99.5 Å². The summed E-state index contributed by atoms with van der Waals surface area (Å²) in [7, 11) is 0. The molecule has 2 fully saturated rings. The van der Waals surface area contributed by atoms with Crippen molar-refractivity contribution < 1.29 is 4.74 Å². The molecule has 0 amide bonds. The lowest BCUT2D eigenvalue weighted by molar-refractivity contribution is -0.0126. The lowest BCUT2D eigenvalue weighted by atomic mass is 10.0. The fourth-order valence-electron chi connectivity index (χ4n) is 2.94. The van der Waals surface area contributed by atoms with Crippen molar-refractivity contribution in [3.05, 3.63) is 0 Å². The second-order valence-electron chi connectivity index (χ2n) is 5.29. The third-order valence-electron chi connectivity index (χ3n) is 3.88. The minimum atomic E-state index is 0.460. The Morgan fingerprint density at radius 3 is 3.00 bits per heavy atom. The van der Waals surface area contributed by atoms with E-state index in [1.165, 1.54) is 45.3 Å². The molecule has 0 aromatic heterocycles. The molecule has 3 atom stereocenters. The molecule has 2 saturated heterocycles. The Balaban J connectivity index is 1.74. The lowest BCUT2D eigenvalue weighted by Gasteiger charge is -2.34. The molecule has 94 valence electrons. The fraction of sp³-hybridized carbons (Fsp3) is 1.00. The van der Waals surface area contributed by atoms with Crippen molar-refractivity contribution in [2.24, 2.45) is 0 Å². The average molecular weight is 226 g/mol. The van der Waals surface area contributed by atoms with Crippen LogP contribution in [0.3, 0.4) is 0 Å². The first-order valence-electron chi connectivity index (χ1n) is 6.88. The Morgan fingerprint density at radius 1 is 1.38 bits per heavy atom. The van der Waals surface area contributed by atoms with Crippen molar-refractivity contribution in [1.82, 2.24) is 10.2 Å². The van der Waals surface area contributed by atoms with Gasteiger partial charge >= 0.3 is 0 Å². The average Bonchev–Trinajstić information content (AvgIpc) is 2.75. The van der Waals surface area contributed by atoms with Crippen molar-refractivity contribution in [3.63, 3.8) is 0 Å². The number of likely N-dealkylation sites (tertiary alicyclic amines) is 1. The van der Waals surface area contributed by atoms with Crippen molar-refractivity contribution in [2.45, 2.75) is 57.7 Å². The maximum Gasteiger partial charge on any atom is 0.0561 e. The molecule has 0 bridgehead atoms. The summed E-state index contributed by atoms with van der Waals surface area (Å²) in [5.41, 5.74) is 0. The van der Waals surface area contributed by atoms with E-state index in [-0.39, 0.29) is 0 Å². The first kappa shape index (κ1) is 12.3. The van der Waals surface area contributed by atoms with E-state index in [0.29, 0.717) is 6.10 Å². The highest BCUT2D eigenvalue weighted by Gasteiger charge is 2.30. The zero-order valence-electron chi connectivity index (χ0n) is 10.7. The molecule has 0 spiro atoms. The van der Waals surface area contributed by atoms with E-state index in [1.54, 1.807) is 0 Å². The van der Waals surface area contributed by atoms with Crippen molar-refractivity contribution in [3.8, 4) is 0 Å². The number of ether oxygens (including phenoxy) is 1. The van der Waals surface area contributed by atoms with Crippen LogP contribution in [0.5, 0.6) is 0 Å². The monoisotopic (exact) mass is 226 g/mol. The molecule has 2 aliphatic heterocycles. The van der Waals surface area contributed by atoms with Crippen LogP contribution in [0, 0.1) is 0 Å². The molecule has 3 heteroatoms. The van der Waals surface area contributed by atoms with Crippen LogP contribution in [0.1, 0.15) is 39.5 Å². The molecular formula is C13H26N2O. The molecule has 1 N–H and O–H groups in total. The number of hydrogen-bond acceptors (Lipinski definition) is 3. The molecular weight excluding hydrogens is 200 g/mol. The van der Waals surface area contributed by atoms with Gasteiger partial charge in [-0.15, -0.1) is 0 Å². The van der Waals surface area contributed by atoms with Gasteiger partial charge < -0.3 is 10.1 Å². The van der Waals surface area contributed by atoms with Crippen LogP contribution in [0.15, 0.2) is 0 Å². The molecule has 3 unspecified atom stereocenters. The molecule has 3 nitrogen and oxygen atoms in total. The zero-order valence-corrected chi connectivity index (χ0v) is 10.7. The minimum Gasteiger partial charge on any atom is -0.378 e. The van der Waals surface area contributed by atoms with Crippen LogP contribution < -0.4 is 5.32 Å². The van der Waals surface area contributed by atoms with E-state index in [9.17, 15) is 0 Å². The van der Waals surface area contributed by atoms with Gasteiger partial charge in [-0.05, 0) is 39.2 Å². The van der Waals surface area contributed by atoms with Gasteiger partial charge in [0.1, 0.15) is 0 Å². The highest BCUT2D eigenvalue weighted by molar-refractivity contribution is 4.87. The van der Waals surface area contributed by atoms with Gasteiger partial charge in [0.2, 0.25) is 0 Å². The number of nitrogens with zero attached hydrogens (tertiary/aromatic N) is 1. The van der Waals surface area contributed by atoms with Crippen LogP contribution in [-0.2, 0) is 4.74 Å². The van der Waals surface area contributed by atoms with E-state index in [2.05, 4.69) is 24.1 Å². The Kier molecular flexibility index (Phi) is 4.62. The summed E-state index contributed by atoms with van der Waals surface area (Å²) in [6.07, 6.45) is 5.48. The summed E-state index contributed by atoms with van der Waals surface area (Å²) in [5.74, 6) is 0. The quantitative estimate of drug-likeness (QED) is 0.788. The first-order valence-corrected chi connectivity index (χ1v) is 6.88. The summed E-state index contributed by atoms with van der Waals surface area (Å²) in [5, 5.41) is 3.64. The van der Waals surface area contributed by atoms with Gasteiger partial charge in [0.25, 0.3) is 0 Å². The minimum absolute atomic E-state index is 0.460. The molecule has 2 rings (SSSR count). The van der Waals surface area contributed by atoms with Crippen molar-refractivity contribution in [2.75, 3.05) is 26.2 Å². The van der Waals surface area contributed by atoms with Crippen LogP contribution in [-0.4, -0.2) is 49.3 Å². The van der Waals surface area contributed by atoms with Gasteiger partial charge in [-0.2, -0.15) is 0 Å². The van der Waals surface area contributed by atoms with Gasteiger partial charge in [0.15, 0.2) is 0 Å². The van der Waals surface area contributed by atoms with Gasteiger partial charge in [-0.1, -0.05) is 6.92 Å². The summed E-state index contributed by atoms with van der Waals surface area (Å²) >= 11 is 0. The molecule has 0 aliphatic carbocycles. The Bertz CT molecular complexity index is 210. The molecule has 0 aromatic rings. The number of rotatable bonds is 4. The first-order chi connectivity index (χ1) is 7.79. The Hall–Kier alpha value is -0.120. The van der Waals surface area contributed by atoms with Gasteiger partial charge in [-0.25, -0.2) is 0 Å². The van der Waals surface area contributed by atoms with Gasteiger partial charge in [0.05, 0.1) is 6.10 Å². The van der Waals surface area contributed by atoms with Crippen molar-refractivity contribution >= 4 is 0 Å². The van der Waals surface area contributed by atoms with Crippen molar-refractivity contribution in [1.29, 1.82) is 0 Å². The smallest absolute Gasteiger partial charge is 0.0561 e. The predicted molar refractivity (Wildman–Crippen MR) is 66.7 cm³/mol. The molecule has 0 radical (unpaired) electrons. The Morgan fingerprint density at radius 2 is 2.25 bits per heavy atom. The summed E-state index contributed by atoms with van der Waals surface area (Å²) in [4.78, 5) is 2.67. The molecule has 2 aliphatic rings. The zero-order chi connectivity index (χ0) is 11.4. The van der Waals surface area contributed by atoms with Crippen LogP contribution in [0.2, 0.25) is 0 Å². The topological polar surface area (TPSA) is 24.5 Å². The molecule has 0 saturated carbocycles. The third kappa shape index (κ3) is 3.19. The van der Waals surface area contributed by atoms with Gasteiger partial charge in [0, 0.05) is 31.8 Å². The predicted octanol–water partition coefficient (Wildman–Crippen LogP) is 1.63. The normalized spacial score (nSPS) is 36.8. The largest absolute Gasteiger partial charge is 0.378 e. The van der Waals surface area contributed by atoms with E-state index in [0.717, 1.165) is 18.7 Å². The fourth-order valence-corrected chi connectivity index (χ4v) is 2.94. The van der Waals surface area contributed by atoms with E-state index >= 15 is 0 Å². The van der Waals surface area contributed by atoms with E-state index in [4.69, 9.17) is 4.74 Å². The van der Waals surface area contributed by atoms with E-state index in [1.807, 2.05) is 0 Å². The SMILES string of the molecule is CCCNC1CCN(C2CCOC(C)C2)C1. The number of nitrogens with one attached hydrogen (secondary N) is 1.